The largest absolute Gasteiger partial charge is 0.466 e. The zero-order chi connectivity index (χ0) is 16.9. The fourth-order valence-corrected chi connectivity index (χ4v) is 3.22. The lowest BCUT2D eigenvalue weighted by Gasteiger charge is -2.09. The molecule has 0 aromatic heterocycles. The van der Waals surface area contributed by atoms with E-state index in [0.29, 0.717) is 12.3 Å². The van der Waals surface area contributed by atoms with Crippen LogP contribution in [0.1, 0.15) is 12.5 Å². The Morgan fingerprint density at radius 1 is 1.09 bits per heavy atom. The third-order valence-electron chi connectivity index (χ3n) is 2.98. The first-order chi connectivity index (χ1) is 10.9. The zero-order valence-corrected chi connectivity index (χ0v) is 14.9. The molecule has 0 aliphatic carbocycles. The number of carbonyl (C=O) groups excluding carboxylic acids is 1. The van der Waals surface area contributed by atoms with Crippen LogP contribution < -0.4 is 4.72 Å². The first-order valence-electron chi connectivity index (χ1n) is 6.93. The molecule has 0 saturated carbocycles. The van der Waals surface area contributed by atoms with Gasteiger partial charge in [-0.25, -0.2) is 8.42 Å². The van der Waals surface area contributed by atoms with E-state index in [1.54, 1.807) is 43.3 Å². The molecular formula is C16H16BrNO4S. The van der Waals surface area contributed by atoms with Gasteiger partial charge in [-0.2, -0.15) is 0 Å². The highest BCUT2D eigenvalue weighted by Crippen LogP contribution is 2.19. The first-order valence-corrected chi connectivity index (χ1v) is 9.21. The Hall–Kier alpha value is -1.86. The normalized spacial score (nSPS) is 11.0. The predicted molar refractivity (Wildman–Crippen MR) is 91.7 cm³/mol. The van der Waals surface area contributed by atoms with Gasteiger partial charge in [-0.1, -0.05) is 28.1 Å². The Labute approximate surface area is 143 Å². The van der Waals surface area contributed by atoms with Crippen molar-refractivity contribution in [2.75, 3.05) is 11.3 Å². The van der Waals surface area contributed by atoms with Gasteiger partial charge in [-0.05, 0) is 48.9 Å². The van der Waals surface area contributed by atoms with Crippen LogP contribution in [0.25, 0.3) is 0 Å². The molecule has 0 aliphatic heterocycles. The molecule has 0 amide bonds. The van der Waals surface area contributed by atoms with Crippen molar-refractivity contribution < 1.29 is 17.9 Å². The van der Waals surface area contributed by atoms with Crippen LogP contribution in [0.3, 0.4) is 0 Å². The minimum absolute atomic E-state index is 0.160. The Kier molecular flexibility index (Phi) is 5.79. The number of anilines is 1. The van der Waals surface area contributed by atoms with Gasteiger partial charge in [0.15, 0.2) is 0 Å². The van der Waals surface area contributed by atoms with Crippen molar-refractivity contribution in [2.24, 2.45) is 0 Å². The number of hydrogen-bond acceptors (Lipinski definition) is 4. The maximum absolute atomic E-state index is 12.3. The van der Waals surface area contributed by atoms with Gasteiger partial charge < -0.3 is 4.74 Å². The Bertz CT molecular complexity index is 771. The summed E-state index contributed by atoms with van der Waals surface area (Å²) in [6.45, 7) is 2.09. The molecule has 0 bridgehead atoms. The monoisotopic (exact) mass is 397 g/mol. The highest BCUT2D eigenvalue weighted by atomic mass is 79.9. The summed E-state index contributed by atoms with van der Waals surface area (Å²) in [6, 6.07) is 13.0. The summed E-state index contributed by atoms with van der Waals surface area (Å²) >= 11 is 3.26. The van der Waals surface area contributed by atoms with Crippen LogP contribution in [-0.2, 0) is 26.0 Å². The van der Waals surface area contributed by atoms with Gasteiger partial charge in [0.05, 0.1) is 17.9 Å². The lowest BCUT2D eigenvalue weighted by atomic mass is 10.1. The first kappa shape index (κ1) is 17.5. The Morgan fingerprint density at radius 2 is 1.70 bits per heavy atom. The lowest BCUT2D eigenvalue weighted by molar-refractivity contribution is -0.142. The molecule has 5 nitrogen and oxygen atoms in total. The molecule has 1 N–H and O–H groups in total. The minimum Gasteiger partial charge on any atom is -0.466 e. The molecule has 0 unspecified atom stereocenters. The molecule has 0 spiro atoms. The smallest absolute Gasteiger partial charge is 0.310 e. The Morgan fingerprint density at radius 3 is 2.26 bits per heavy atom. The summed E-state index contributed by atoms with van der Waals surface area (Å²) in [7, 11) is -3.64. The molecule has 0 atom stereocenters. The number of hydrogen-bond donors (Lipinski definition) is 1. The molecule has 2 rings (SSSR count). The predicted octanol–water partition coefficient (Wildman–Crippen LogP) is 3.36. The molecule has 0 fully saturated rings. The molecule has 0 radical (unpaired) electrons. The van der Waals surface area contributed by atoms with Crippen molar-refractivity contribution in [3.05, 3.63) is 58.6 Å². The zero-order valence-electron chi connectivity index (χ0n) is 12.5. The van der Waals surface area contributed by atoms with E-state index < -0.39 is 10.0 Å². The number of sulfonamides is 1. The summed E-state index contributed by atoms with van der Waals surface area (Å²) in [6.07, 6.45) is 0.160. The number of esters is 1. The maximum atomic E-state index is 12.3. The second kappa shape index (κ2) is 7.61. The van der Waals surface area contributed by atoms with Gasteiger partial charge in [0.1, 0.15) is 0 Å². The van der Waals surface area contributed by atoms with Gasteiger partial charge in [0.25, 0.3) is 10.0 Å². The molecule has 122 valence electrons. The molecule has 2 aromatic carbocycles. The summed E-state index contributed by atoms with van der Waals surface area (Å²) in [5.41, 5.74) is 1.19. The fourth-order valence-electron chi connectivity index (χ4n) is 1.90. The number of benzene rings is 2. The molecule has 0 saturated heterocycles. The molecule has 0 aliphatic rings. The summed E-state index contributed by atoms with van der Waals surface area (Å²) in [4.78, 5) is 11.6. The van der Waals surface area contributed by atoms with E-state index in [2.05, 4.69) is 20.7 Å². The van der Waals surface area contributed by atoms with E-state index in [4.69, 9.17) is 4.74 Å². The maximum Gasteiger partial charge on any atom is 0.310 e. The highest BCUT2D eigenvalue weighted by molar-refractivity contribution is 9.10. The van der Waals surface area contributed by atoms with Gasteiger partial charge in [0, 0.05) is 10.2 Å². The SMILES string of the molecule is CCOC(=O)Cc1ccc(NS(=O)(=O)c2ccc(Br)cc2)cc1. The van der Waals surface area contributed by atoms with Crippen LogP contribution >= 0.6 is 15.9 Å². The molecule has 7 heteroatoms. The van der Waals surface area contributed by atoms with Gasteiger partial charge in [0.2, 0.25) is 0 Å². The number of rotatable bonds is 6. The van der Waals surface area contributed by atoms with Crippen LogP contribution in [0.2, 0.25) is 0 Å². The van der Waals surface area contributed by atoms with E-state index in [-0.39, 0.29) is 17.3 Å². The topological polar surface area (TPSA) is 72.5 Å². The van der Waals surface area contributed by atoms with Crippen LogP contribution in [0.5, 0.6) is 0 Å². The summed E-state index contributed by atoms with van der Waals surface area (Å²) < 4.78 is 32.7. The van der Waals surface area contributed by atoms with E-state index in [1.807, 2.05) is 0 Å². The standard InChI is InChI=1S/C16H16BrNO4S/c1-2-22-16(19)11-12-3-7-14(8-4-12)18-23(20,21)15-9-5-13(17)6-10-15/h3-10,18H,2,11H2,1H3. The second-order valence-electron chi connectivity index (χ2n) is 4.74. The van der Waals surface area contributed by atoms with E-state index >= 15 is 0 Å². The van der Waals surface area contributed by atoms with Gasteiger partial charge in [-0.3, -0.25) is 9.52 Å². The number of carbonyl (C=O) groups is 1. The second-order valence-corrected chi connectivity index (χ2v) is 7.34. The summed E-state index contributed by atoms with van der Waals surface area (Å²) in [5, 5.41) is 0. The minimum atomic E-state index is -3.64. The highest BCUT2D eigenvalue weighted by Gasteiger charge is 2.14. The number of ether oxygens (including phenoxy) is 1. The van der Waals surface area contributed by atoms with Gasteiger partial charge >= 0.3 is 5.97 Å². The number of halogens is 1. The average molecular weight is 398 g/mol. The van der Waals surface area contributed by atoms with E-state index in [1.165, 1.54) is 12.1 Å². The molecular weight excluding hydrogens is 382 g/mol. The van der Waals surface area contributed by atoms with Crippen LogP contribution in [0, 0.1) is 0 Å². The van der Waals surface area contributed by atoms with E-state index in [9.17, 15) is 13.2 Å². The number of nitrogens with one attached hydrogen (secondary N) is 1. The van der Waals surface area contributed by atoms with E-state index in [0.717, 1.165) is 10.0 Å². The third-order valence-corrected chi connectivity index (χ3v) is 4.91. The van der Waals surface area contributed by atoms with Crippen molar-refractivity contribution in [3.8, 4) is 0 Å². The average Bonchev–Trinajstić information content (AvgIpc) is 2.50. The van der Waals surface area contributed by atoms with Crippen LogP contribution in [-0.4, -0.2) is 21.0 Å². The third kappa shape index (κ3) is 5.07. The van der Waals surface area contributed by atoms with Crippen molar-refractivity contribution in [3.63, 3.8) is 0 Å². The van der Waals surface area contributed by atoms with Crippen LogP contribution in [0.4, 0.5) is 5.69 Å². The summed E-state index contributed by atoms with van der Waals surface area (Å²) in [5.74, 6) is -0.310. The van der Waals surface area contributed by atoms with Gasteiger partial charge in [-0.15, -0.1) is 0 Å². The van der Waals surface area contributed by atoms with Crippen molar-refractivity contribution in [2.45, 2.75) is 18.2 Å². The van der Waals surface area contributed by atoms with Crippen molar-refractivity contribution >= 4 is 37.6 Å². The van der Waals surface area contributed by atoms with Crippen molar-refractivity contribution in [1.29, 1.82) is 0 Å². The molecule has 23 heavy (non-hydrogen) atoms. The quantitative estimate of drug-likeness (QED) is 0.758. The van der Waals surface area contributed by atoms with Crippen molar-refractivity contribution in [1.82, 2.24) is 0 Å². The fraction of sp³-hybridized carbons (Fsp3) is 0.188. The molecule has 0 heterocycles. The van der Waals surface area contributed by atoms with Crippen LogP contribution in [0.15, 0.2) is 57.9 Å². The lowest BCUT2D eigenvalue weighted by Crippen LogP contribution is -2.13. The molecule has 2 aromatic rings. The Balaban J connectivity index is 2.08.